The fraction of sp³-hybridized carbons (Fsp3) is 0.655. The number of carbonyl (C=O) groups excluding carboxylic acids is 4. The molecule has 36 heavy (non-hydrogen) atoms. The molecule has 1 atom stereocenters. The maximum absolute atomic E-state index is 14.5. The first-order chi connectivity index (χ1) is 17.3. The third-order valence-corrected chi connectivity index (χ3v) is 9.51. The van der Waals surface area contributed by atoms with Gasteiger partial charge in [-0.2, -0.15) is 0 Å². The fourth-order valence-corrected chi connectivity index (χ4v) is 8.50. The van der Waals surface area contributed by atoms with Gasteiger partial charge >= 0.3 is 5.97 Å². The molecule has 0 N–H and O–H groups in total. The van der Waals surface area contributed by atoms with Crippen molar-refractivity contribution in [2.75, 3.05) is 4.90 Å². The van der Waals surface area contributed by atoms with Gasteiger partial charge in [-0.1, -0.05) is 19.3 Å². The molecule has 7 rings (SSSR count). The molecule has 6 fully saturated rings. The molecule has 1 aromatic carbocycles. The van der Waals surface area contributed by atoms with Gasteiger partial charge in [-0.25, -0.2) is 4.90 Å². The van der Waals surface area contributed by atoms with Crippen LogP contribution in [0.4, 0.5) is 5.69 Å². The molecule has 3 amide bonds. The zero-order valence-corrected chi connectivity index (χ0v) is 21.1. The lowest BCUT2D eigenvalue weighted by Crippen LogP contribution is -2.60. The number of imide groups is 1. The molecular formula is C29H36N2O5. The summed E-state index contributed by atoms with van der Waals surface area (Å²) in [5.41, 5.74) is 0.114. The lowest BCUT2D eigenvalue weighted by atomic mass is 9.49. The Kier molecular flexibility index (Phi) is 5.92. The SMILES string of the molecule is CC(=O)Oc1ccc(N2C(=O)CC(N(C(=O)C34CC5CC(CC(C5)C3)C4)C3CCCCC3)C2=O)cc1. The average Bonchev–Trinajstić information content (AvgIpc) is 3.13. The van der Waals surface area contributed by atoms with E-state index in [1.165, 1.54) is 31.1 Å². The molecule has 1 aromatic rings. The molecule has 1 heterocycles. The van der Waals surface area contributed by atoms with Crippen molar-refractivity contribution in [3.05, 3.63) is 24.3 Å². The van der Waals surface area contributed by atoms with Crippen LogP contribution in [0.3, 0.4) is 0 Å². The van der Waals surface area contributed by atoms with E-state index in [4.69, 9.17) is 4.74 Å². The van der Waals surface area contributed by atoms with E-state index in [-0.39, 0.29) is 35.6 Å². The maximum atomic E-state index is 14.5. The van der Waals surface area contributed by atoms with Gasteiger partial charge in [-0.05, 0) is 93.4 Å². The Morgan fingerprint density at radius 1 is 0.917 bits per heavy atom. The predicted octanol–water partition coefficient (Wildman–Crippen LogP) is 4.62. The van der Waals surface area contributed by atoms with Crippen LogP contribution in [0.15, 0.2) is 24.3 Å². The smallest absolute Gasteiger partial charge is 0.308 e. The van der Waals surface area contributed by atoms with Crippen LogP contribution in [-0.4, -0.2) is 40.7 Å². The minimum Gasteiger partial charge on any atom is -0.427 e. The van der Waals surface area contributed by atoms with Gasteiger partial charge < -0.3 is 9.64 Å². The molecule has 7 heteroatoms. The standard InChI is InChI=1S/C29H36N2O5/c1-18(32)36-24-9-7-23(8-10-24)31-26(33)14-25(27(31)34)30(22-5-3-2-4-6-22)28(35)29-15-19-11-20(16-29)13-21(12-19)17-29/h7-10,19-22,25H,2-6,11-17H2,1H3. The van der Waals surface area contributed by atoms with Crippen molar-refractivity contribution in [2.45, 2.75) is 96.1 Å². The fourth-order valence-electron chi connectivity index (χ4n) is 8.50. The van der Waals surface area contributed by atoms with Crippen molar-refractivity contribution in [3.63, 3.8) is 0 Å². The summed E-state index contributed by atoms with van der Waals surface area (Å²) in [6.45, 7) is 1.33. The van der Waals surface area contributed by atoms with Gasteiger partial charge in [0, 0.05) is 13.0 Å². The highest BCUT2D eigenvalue weighted by molar-refractivity contribution is 6.23. The summed E-state index contributed by atoms with van der Waals surface area (Å²) in [7, 11) is 0. The number of carbonyl (C=O) groups is 4. The summed E-state index contributed by atoms with van der Waals surface area (Å²) in [5.74, 6) is 1.44. The molecule has 5 aliphatic carbocycles. The Labute approximate surface area is 212 Å². The number of benzene rings is 1. The Hall–Kier alpha value is -2.70. The van der Waals surface area contributed by atoms with Crippen molar-refractivity contribution in [2.24, 2.45) is 23.2 Å². The number of ether oxygens (including phenoxy) is 1. The summed E-state index contributed by atoms with van der Waals surface area (Å²) in [6.07, 6.45) is 11.8. The molecule has 1 saturated heterocycles. The number of anilines is 1. The Balaban J connectivity index is 1.29. The topological polar surface area (TPSA) is 84.0 Å². The van der Waals surface area contributed by atoms with E-state index in [1.807, 2.05) is 4.90 Å². The number of hydrogen-bond acceptors (Lipinski definition) is 5. The lowest BCUT2D eigenvalue weighted by Gasteiger charge is -2.57. The van der Waals surface area contributed by atoms with Crippen molar-refractivity contribution < 1.29 is 23.9 Å². The Morgan fingerprint density at radius 3 is 2.06 bits per heavy atom. The van der Waals surface area contributed by atoms with E-state index in [0.717, 1.165) is 51.4 Å². The van der Waals surface area contributed by atoms with Gasteiger partial charge in [-0.15, -0.1) is 0 Å². The van der Waals surface area contributed by atoms with Crippen molar-refractivity contribution in [1.82, 2.24) is 4.90 Å². The molecule has 0 aromatic heterocycles. The number of rotatable bonds is 5. The monoisotopic (exact) mass is 492 g/mol. The van der Waals surface area contributed by atoms with E-state index in [2.05, 4.69) is 0 Å². The number of esters is 1. The largest absolute Gasteiger partial charge is 0.427 e. The molecule has 5 saturated carbocycles. The highest BCUT2D eigenvalue weighted by Crippen LogP contribution is 2.61. The van der Waals surface area contributed by atoms with E-state index >= 15 is 0 Å². The average molecular weight is 493 g/mol. The van der Waals surface area contributed by atoms with Gasteiger partial charge in [0.1, 0.15) is 11.8 Å². The predicted molar refractivity (Wildman–Crippen MR) is 133 cm³/mol. The second-order valence-electron chi connectivity index (χ2n) is 12.1. The summed E-state index contributed by atoms with van der Waals surface area (Å²) >= 11 is 0. The summed E-state index contributed by atoms with van der Waals surface area (Å²) < 4.78 is 5.09. The first-order valence-electron chi connectivity index (χ1n) is 13.8. The first kappa shape index (κ1) is 23.7. The van der Waals surface area contributed by atoms with E-state index in [9.17, 15) is 19.2 Å². The molecule has 0 radical (unpaired) electrons. The summed E-state index contributed by atoms with van der Waals surface area (Å²) in [4.78, 5) is 55.9. The maximum Gasteiger partial charge on any atom is 0.308 e. The highest BCUT2D eigenvalue weighted by atomic mass is 16.5. The number of nitrogens with zero attached hydrogens (tertiary/aromatic N) is 2. The third-order valence-electron chi connectivity index (χ3n) is 9.51. The van der Waals surface area contributed by atoms with Gasteiger partial charge in [0.2, 0.25) is 11.8 Å². The summed E-state index contributed by atoms with van der Waals surface area (Å²) in [6, 6.07) is 5.74. The van der Waals surface area contributed by atoms with Crippen molar-refractivity contribution >= 4 is 29.4 Å². The molecule has 6 aliphatic rings. The molecule has 192 valence electrons. The highest BCUT2D eigenvalue weighted by Gasteiger charge is 2.58. The molecule has 0 spiro atoms. The van der Waals surface area contributed by atoms with Crippen LogP contribution in [-0.2, 0) is 19.2 Å². The molecule has 7 nitrogen and oxygen atoms in total. The Bertz CT molecular complexity index is 1040. The van der Waals surface area contributed by atoms with Crippen LogP contribution in [0.25, 0.3) is 0 Å². The molecule has 1 aliphatic heterocycles. The van der Waals surface area contributed by atoms with Gasteiger partial charge in [0.25, 0.3) is 5.91 Å². The van der Waals surface area contributed by atoms with Crippen molar-refractivity contribution in [3.8, 4) is 5.75 Å². The molecule has 1 unspecified atom stereocenters. The minimum atomic E-state index is -0.728. The van der Waals surface area contributed by atoms with Crippen molar-refractivity contribution in [1.29, 1.82) is 0 Å². The zero-order valence-electron chi connectivity index (χ0n) is 21.1. The van der Waals surface area contributed by atoms with E-state index in [0.29, 0.717) is 29.2 Å². The number of amides is 3. The van der Waals surface area contributed by atoms with Gasteiger partial charge in [0.15, 0.2) is 0 Å². The second kappa shape index (κ2) is 9.00. The first-order valence-corrected chi connectivity index (χ1v) is 13.8. The van der Waals surface area contributed by atoms with Gasteiger partial charge in [0.05, 0.1) is 17.5 Å². The van der Waals surface area contributed by atoms with E-state index in [1.54, 1.807) is 24.3 Å². The van der Waals surface area contributed by atoms with E-state index < -0.39 is 12.0 Å². The number of hydrogen-bond donors (Lipinski definition) is 0. The normalized spacial score (nSPS) is 33.8. The second-order valence-corrected chi connectivity index (χ2v) is 12.1. The van der Waals surface area contributed by atoms with Gasteiger partial charge in [-0.3, -0.25) is 19.2 Å². The quantitative estimate of drug-likeness (QED) is 0.340. The van der Waals surface area contributed by atoms with Crippen LogP contribution in [0, 0.1) is 23.2 Å². The molecular weight excluding hydrogens is 456 g/mol. The van der Waals surface area contributed by atoms with Crippen LogP contribution in [0.2, 0.25) is 0 Å². The minimum absolute atomic E-state index is 0.0345. The molecule has 4 bridgehead atoms. The van der Waals surface area contributed by atoms with Crippen LogP contribution >= 0.6 is 0 Å². The van der Waals surface area contributed by atoms with Crippen LogP contribution < -0.4 is 9.64 Å². The third kappa shape index (κ3) is 4.04. The van der Waals surface area contributed by atoms with Crippen LogP contribution in [0.5, 0.6) is 5.75 Å². The summed E-state index contributed by atoms with van der Waals surface area (Å²) in [5, 5.41) is 0. The Morgan fingerprint density at radius 2 is 1.50 bits per heavy atom. The lowest BCUT2D eigenvalue weighted by molar-refractivity contribution is -0.165. The zero-order chi connectivity index (χ0) is 25.0. The van der Waals surface area contributed by atoms with Crippen LogP contribution in [0.1, 0.15) is 84.0 Å².